The summed E-state index contributed by atoms with van der Waals surface area (Å²) in [5, 5.41) is 15.1. The molecule has 0 radical (unpaired) electrons. The number of carbonyl (C=O) groups is 1. The summed E-state index contributed by atoms with van der Waals surface area (Å²) in [4.78, 5) is 16.6. The Kier molecular flexibility index (Phi) is 4.72. The van der Waals surface area contributed by atoms with Gasteiger partial charge in [-0.25, -0.2) is 0 Å². The van der Waals surface area contributed by atoms with Crippen molar-refractivity contribution in [2.24, 2.45) is 0 Å². The van der Waals surface area contributed by atoms with Crippen LogP contribution in [0, 0.1) is 18.3 Å². The molecule has 0 aliphatic rings. The van der Waals surface area contributed by atoms with E-state index in [1.54, 1.807) is 36.5 Å². The number of hydrogen-bond donors (Lipinski definition) is 2. The number of nitrogens with one attached hydrogen (secondary N) is 2. The van der Waals surface area contributed by atoms with Crippen molar-refractivity contribution in [2.45, 2.75) is 6.92 Å². The first kappa shape index (κ1) is 16.2. The number of para-hydroxylation sites is 2. The third-order valence-corrected chi connectivity index (χ3v) is 3.72. The maximum atomic E-state index is 12.5. The molecule has 5 nitrogen and oxygen atoms in total. The van der Waals surface area contributed by atoms with Gasteiger partial charge in [-0.1, -0.05) is 30.3 Å². The maximum absolute atomic E-state index is 12.5. The second kappa shape index (κ2) is 7.28. The minimum absolute atomic E-state index is 0.316. The van der Waals surface area contributed by atoms with Gasteiger partial charge in [0, 0.05) is 11.9 Å². The number of aryl methyl sites for hydroxylation is 1. The predicted molar refractivity (Wildman–Crippen MR) is 97.8 cm³/mol. The second-order valence-corrected chi connectivity index (χ2v) is 5.51. The summed E-state index contributed by atoms with van der Waals surface area (Å²) >= 11 is 0. The molecular formula is C20H16N4O. The van der Waals surface area contributed by atoms with Crippen LogP contribution in [-0.2, 0) is 0 Å². The molecule has 1 aromatic heterocycles. The summed E-state index contributed by atoms with van der Waals surface area (Å²) in [6, 6.07) is 18.5. The quantitative estimate of drug-likeness (QED) is 0.750. The van der Waals surface area contributed by atoms with Crippen molar-refractivity contribution < 1.29 is 4.79 Å². The molecule has 1 amide bonds. The van der Waals surface area contributed by atoms with E-state index < -0.39 is 0 Å². The Labute approximate surface area is 146 Å². The summed E-state index contributed by atoms with van der Waals surface area (Å²) in [7, 11) is 0. The number of hydrogen-bond acceptors (Lipinski definition) is 4. The average molecular weight is 328 g/mol. The molecule has 25 heavy (non-hydrogen) atoms. The molecule has 0 fully saturated rings. The molecule has 0 saturated heterocycles. The smallest absolute Gasteiger partial charge is 0.257 e. The van der Waals surface area contributed by atoms with Crippen LogP contribution in [0.2, 0.25) is 0 Å². The van der Waals surface area contributed by atoms with Crippen LogP contribution < -0.4 is 10.6 Å². The van der Waals surface area contributed by atoms with Crippen LogP contribution in [0.1, 0.15) is 21.5 Å². The van der Waals surface area contributed by atoms with Gasteiger partial charge < -0.3 is 10.6 Å². The molecule has 0 spiro atoms. The molecule has 0 saturated carbocycles. The zero-order valence-electron chi connectivity index (χ0n) is 13.7. The first-order valence-electron chi connectivity index (χ1n) is 7.75. The van der Waals surface area contributed by atoms with Gasteiger partial charge >= 0.3 is 0 Å². The third kappa shape index (κ3) is 3.82. The molecule has 2 aromatic carbocycles. The van der Waals surface area contributed by atoms with E-state index in [1.807, 2.05) is 31.2 Å². The second-order valence-electron chi connectivity index (χ2n) is 5.51. The molecule has 1 heterocycles. The highest BCUT2D eigenvalue weighted by atomic mass is 16.1. The van der Waals surface area contributed by atoms with Crippen molar-refractivity contribution in [3.05, 3.63) is 83.7 Å². The molecule has 0 aliphatic heterocycles. The van der Waals surface area contributed by atoms with Crippen molar-refractivity contribution in [1.82, 2.24) is 4.98 Å². The SMILES string of the molecule is Cc1ccccc1Nc1cncc(C(=O)Nc2ccccc2C#N)c1. The number of nitriles is 1. The molecule has 122 valence electrons. The Morgan fingerprint density at radius 1 is 1.04 bits per heavy atom. The van der Waals surface area contributed by atoms with Crippen LogP contribution in [0.25, 0.3) is 0 Å². The summed E-state index contributed by atoms with van der Waals surface area (Å²) in [6.45, 7) is 2.01. The van der Waals surface area contributed by atoms with Crippen molar-refractivity contribution in [1.29, 1.82) is 5.26 Å². The minimum atomic E-state index is -0.316. The van der Waals surface area contributed by atoms with Gasteiger partial charge in [0.25, 0.3) is 5.91 Å². The average Bonchev–Trinajstić information content (AvgIpc) is 2.64. The van der Waals surface area contributed by atoms with E-state index in [4.69, 9.17) is 5.26 Å². The minimum Gasteiger partial charge on any atom is -0.354 e. The molecule has 5 heteroatoms. The molecular weight excluding hydrogens is 312 g/mol. The molecule has 0 bridgehead atoms. The van der Waals surface area contributed by atoms with Crippen molar-refractivity contribution in [3.63, 3.8) is 0 Å². The summed E-state index contributed by atoms with van der Waals surface area (Å²) < 4.78 is 0. The number of rotatable bonds is 4. The fourth-order valence-corrected chi connectivity index (χ4v) is 2.39. The van der Waals surface area contributed by atoms with E-state index in [9.17, 15) is 4.79 Å². The number of aromatic nitrogens is 1. The zero-order valence-corrected chi connectivity index (χ0v) is 13.7. The van der Waals surface area contributed by atoms with Crippen LogP contribution in [0.3, 0.4) is 0 Å². The number of carbonyl (C=O) groups excluding carboxylic acids is 1. The van der Waals surface area contributed by atoms with Gasteiger partial charge in [0.05, 0.1) is 28.7 Å². The van der Waals surface area contributed by atoms with Crippen molar-refractivity contribution >= 4 is 23.0 Å². The van der Waals surface area contributed by atoms with Crippen LogP contribution in [0.15, 0.2) is 67.0 Å². The third-order valence-electron chi connectivity index (χ3n) is 3.72. The van der Waals surface area contributed by atoms with E-state index >= 15 is 0 Å². The molecule has 2 N–H and O–H groups in total. The van der Waals surface area contributed by atoms with Crippen LogP contribution >= 0.6 is 0 Å². The lowest BCUT2D eigenvalue weighted by Gasteiger charge is -2.11. The predicted octanol–water partition coefficient (Wildman–Crippen LogP) is 4.26. The fraction of sp³-hybridized carbons (Fsp3) is 0.0500. The molecule has 0 atom stereocenters. The summed E-state index contributed by atoms with van der Waals surface area (Å²) in [6.07, 6.45) is 3.15. The lowest BCUT2D eigenvalue weighted by molar-refractivity contribution is 0.102. The Hall–Kier alpha value is -3.65. The van der Waals surface area contributed by atoms with Crippen LogP contribution in [0.5, 0.6) is 0 Å². The van der Waals surface area contributed by atoms with Gasteiger partial charge in [-0.3, -0.25) is 9.78 Å². The normalized spacial score (nSPS) is 9.92. The van der Waals surface area contributed by atoms with E-state index in [-0.39, 0.29) is 5.91 Å². The number of anilines is 3. The maximum Gasteiger partial charge on any atom is 0.257 e. The highest BCUT2D eigenvalue weighted by Crippen LogP contribution is 2.21. The Morgan fingerprint density at radius 2 is 1.76 bits per heavy atom. The van der Waals surface area contributed by atoms with Gasteiger partial charge in [-0.15, -0.1) is 0 Å². The number of benzene rings is 2. The lowest BCUT2D eigenvalue weighted by Crippen LogP contribution is -2.13. The topological polar surface area (TPSA) is 77.8 Å². The van der Waals surface area contributed by atoms with Gasteiger partial charge in [0.15, 0.2) is 0 Å². The highest BCUT2D eigenvalue weighted by molar-refractivity contribution is 6.05. The van der Waals surface area contributed by atoms with Crippen molar-refractivity contribution in [3.8, 4) is 6.07 Å². The monoisotopic (exact) mass is 328 g/mol. The number of nitrogens with zero attached hydrogens (tertiary/aromatic N) is 2. The van der Waals surface area contributed by atoms with Gasteiger partial charge in [-0.2, -0.15) is 5.26 Å². The standard InChI is InChI=1S/C20H16N4O/c1-14-6-2-4-8-18(14)23-17-10-16(12-22-13-17)20(25)24-19-9-5-3-7-15(19)11-21/h2-10,12-13,23H,1H3,(H,24,25). The Morgan fingerprint density at radius 3 is 2.52 bits per heavy atom. The van der Waals surface area contributed by atoms with Crippen LogP contribution in [-0.4, -0.2) is 10.9 Å². The highest BCUT2D eigenvalue weighted by Gasteiger charge is 2.10. The molecule has 3 rings (SSSR count). The fourth-order valence-electron chi connectivity index (χ4n) is 2.39. The first-order chi connectivity index (χ1) is 12.2. The summed E-state index contributed by atoms with van der Waals surface area (Å²) in [5.41, 5.74) is 4.07. The number of amides is 1. The summed E-state index contributed by atoms with van der Waals surface area (Å²) in [5.74, 6) is -0.316. The van der Waals surface area contributed by atoms with Gasteiger partial charge in [0.2, 0.25) is 0 Å². The zero-order chi connectivity index (χ0) is 17.6. The molecule has 3 aromatic rings. The lowest BCUT2D eigenvalue weighted by atomic mass is 10.1. The molecule has 0 unspecified atom stereocenters. The first-order valence-corrected chi connectivity index (χ1v) is 7.75. The van der Waals surface area contributed by atoms with E-state index in [2.05, 4.69) is 21.7 Å². The number of pyridine rings is 1. The Bertz CT molecular complexity index is 960. The van der Waals surface area contributed by atoms with E-state index in [0.29, 0.717) is 16.8 Å². The largest absolute Gasteiger partial charge is 0.354 e. The van der Waals surface area contributed by atoms with Gasteiger partial charge in [0.1, 0.15) is 6.07 Å². The van der Waals surface area contributed by atoms with Crippen molar-refractivity contribution in [2.75, 3.05) is 10.6 Å². The van der Waals surface area contributed by atoms with Gasteiger partial charge in [-0.05, 0) is 36.8 Å². The molecule has 0 aliphatic carbocycles. The van der Waals surface area contributed by atoms with E-state index in [0.717, 1.165) is 16.9 Å². The van der Waals surface area contributed by atoms with Crippen LogP contribution in [0.4, 0.5) is 17.1 Å². The Balaban J connectivity index is 1.80. The van der Waals surface area contributed by atoms with E-state index in [1.165, 1.54) is 6.20 Å².